The highest BCUT2D eigenvalue weighted by atomic mass is 35.5. The predicted octanol–water partition coefficient (Wildman–Crippen LogP) is 6.14. The van der Waals surface area contributed by atoms with Gasteiger partial charge >= 0.3 is 0 Å². The smallest absolute Gasteiger partial charge is 0.290 e. The largest absolute Gasteiger partial charge is 0.503 e. The zero-order valence-corrected chi connectivity index (χ0v) is 19.3. The van der Waals surface area contributed by atoms with Crippen LogP contribution < -0.4 is 4.74 Å². The number of hydrogen-bond acceptors (Lipinski definition) is 5. The summed E-state index contributed by atoms with van der Waals surface area (Å²) in [6.45, 7) is 0. The van der Waals surface area contributed by atoms with Crippen LogP contribution >= 0.6 is 11.6 Å². The minimum Gasteiger partial charge on any atom is -0.503 e. The minimum absolute atomic E-state index is 0.100. The van der Waals surface area contributed by atoms with Crippen LogP contribution in [0, 0.1) is 5.82 Å². The van der Waals surface area contributed by atoms with Gasteiger partial charge in [-0.2, -0.15) is 0 Å². The van der Waals surface area contributed by atoms with Crippen molar-refractivity contribution < 1.29 is 28.2 Å². The summed E-state index contributed by atoms with van der Waals surface area (Å²) in [5, 5.41) is 11.8. The highest BCUT2D eigenvalue weighted by Gasteiger charge is 2.48. The predicted molar refractivity (Wildman–Crippen MR) is 125 cm³/mol. The Balaban J connectivity index is 1.63. The van der Waals surface area contributed by atoms with Gasteiger partial charge in [0.05, 0.1) is 18.7 Å². The average Bonchev–Trinajstić information content (AvgIpc) is 3.38. The van der Waals surface area contributed by atoms with Crippen molar-refractivity contribution in [2.24, 2.45) is 0 Å². The van der Waals surface area contributed by atoms with Crippen molar-refractivity contribution in [1.82, 2.24) is 4.90 Å². The summed E-state index contributed by atoms with van der Waals surface area (Å²) < 4.78 is 26.1. The highest BCUT2D eigenvalue weighted by Crippen LogP contribution is 2.44. The van der Waals surface area contributed by atoms with E-state index in [2.05, 4.69) is 0 Å². The molecule has 3 aromatic rings. The summed E-state index contributed by atoms with van der Waals surface area (Å²) in [6, 6.07) is 9.42. The second kappa shape index (κ2) is 8.80. The summed E-state index contributed by atoms with van der Waals surface area (Å²) in [6.07, 6.45) is 4.36. The van der Waals surface area contributed by atoms with Crippen molar-refractivity contribution in [1.29, 1.82) is 0 Å². The van der Waals surface area contributed by atoms with Crippen LogP contribution in [0.5, 0.6) is 5.75 Å². The lowest BCUT2D eigenvalue weighted by Gasteiger charge is -2.36. The van der Waals surface area contributed by atoms with Gasteiger partial charge in [-0.15, -0.1) is 0 Å². The third-order valence-corrected chi connectivity index (χ3v) is 6.87. The number of aliphatic hydroxyl groups is 1. The molecule has 2 aromatic carbocycles. The van der Waals surface area contributed by atoms with Gasteiger partial charge in [-0.1, -0.05) is 49.1 Å². The number of ether oxygens (including phenoxy) is 1. The SMILES string of the molecule is COc1cc(Cl)cc2cc(C(=O)C3=C(O)C(=O)N(C4CCCCC4)C3c3ccccc3F)oc12. The van der Waals surface area contributed by atoms with Gasteiger partial charge < -0.3 is 19.2 Å². The first kappa shape index (κ1) is 22.5. The molecule has 1 amide bonds. The van der Waals surface area contributed by atoms with Gasteiger partial charge in [0.15, 0.2) is 22.9 Å². The van der Waals surface area contributed by atoms with E-state index < -0.39 is 29.3 Å². The van der Waals surface area contributed by atoms with Crippen molar-refractivity contribution >= 4 is 34.3 Å². The first-order valence-corrected chi connectivity index (χ1v) is 11.6. The van der Waals surface area contributed by atoms with Crippen LogP contribution in [-0.2, 0) is 4.79 Å². The van der Waals surface area contributed by atoms with Crippen LogP contribution in [-0.4, -0.2) is 34.8 Å². The Bertz CT molecular complexity index is 1320. The monoisotopic (exact) mass is 483 g/mol. The van der Waals surface area contributed by atoms with E-state index in [4.69, 9.17) is 20.8 Å². The molecule has 2 aliphatic rings. The van der Waals surface area contributed by atoms with Crippen LogP contribution in [0.2, 0.25) is 5.02 Å². The first-order chi connectivity index (χ1) is 16.4. The van der Waals surface area contributed by atoms with Crippen molar-refractivity contribution in [3.8, 4) is 5.75 Å². The highest BCUT2D eigenvalue weighted by molar-refractivity contribution is 6.31. The van der Waals surface area contributed by atoms with Crippen molar-refractivity contribution in [3.05, 3.63) is 76.0 Å². The van der Waals surface area contributed by atoms with E-state index >= 15 is 0 Å². The zero-order chi connectivity index (χ0) is 24.0. The fraction of sp³-hybridized carbons (Fsp3) is 0.308. The lowest BCUT2D eigenvalue weighted by Crippen LogP contribution is -2.41. The number of hydrogen-bond donors (Lipinski definition) is 1. The first-order valence-electron chi connectivity index (χ1n) is 11.2. The van der Waals surface area contributed by atoms with E-state index in [1.165, 1.54) is 30.2 Å². The summed E-state index contributed by atoms with van der Waals surface area (Å²) in [7, 11) is 1.45. The number of rotatable bonds is 5. The third-order valence-electron chi connectivity index (χ3n) is 6.65. The van der Waals surface area contributed by atoms with Crippen LogP contribution in [0.3, 0.4) is 0 Å². The maximum absolute atomic E-state index is 15.0. The minimum atomic E-state index is -1.05. The molecule has 0 bridgehead atoms. The molecule has 2 heterocycles. The Labute approximate surface area is 200 Å². The van der Waals surface area contributed by atoms with Crippen molar-refractivity contribution in [2.75, 3.05) is 7.11 Å². The second-order valence-electron chi connectivity index (χ2n) is 8.66. The third kappa shape index (κ3) is 3.64. The second-order valence-corrected chi connectivity index (χ2v) is 9.09. The Morgan fingerprint density at radius 3 is 2.62 bits per heavy atom. The van der Waals surface area contributed by atoms with Gasteiger partial charge in [-0.3, -0.25) is 9.59 Å². The number of aliphatic hydroxyl groups excluding tert-OH is 1. The van der Waals surface area contributed by atoms with Gasteiger partial charge in [-0.25, -0.2) is 4.39 Å². The van der Waals surface area contributed by atoms with Gasteiger partial charge in [-0.05, 0) is 31.0 Å². The maximum Gasteiger partial charge on any atom is 0.290 e. The molecule has 5 rings (SSSR count). The standard InChI is InChI=1S/C26H23ClFNO5/c1-33-20-13-15(27)11-14-12-19(34-25(14)20)23(30)21-22(17-9-5-6-10-18(17)28)29(26(32)24(21)31)16-7-3-2-4-8-16/h5-6,9-13,16,22,31H,2-4,7-8H2,1H3. The van der Waals surface area contributed by atoms with E-state index in [9.17, 15) is 19.1 Å². The van der Waals surface area contributed by atoms with E-state index in [-0.39, 0.29) is 22.9 Å². The number of nitrogens with zero attached hydrogens (tertiary/aromatic N) is 1. The fourth-order valence-electron chi connectivity index (χ4n) is 5.08. The molecule has 1 saturated carbocycles. The molecule has 1 aliphatic heterocycles. The Hall–Kier alpha value is -3.32. The van der Waals surface area contributed by atoms with Crippen LogP contribution in [0.1, 0.15) is 54.3 Å². The molecule has 176 valence electrons. The van der Waals surface area contributed by atoms with Gasteiger partial charge in [0, 0.05) is 28.1 Å². The molecule has 8 heteroatoms. The molecule has 0 radical (unpaired) electrons. The van der Waals surface area contributed by atoms with Crippen LogP contribution in [0.4, 0.5) is 4.39 Å². The Kier molecular flexibility index (Phi) is 5.81. The quantitative estimate of drug-likeness (QED) is 0.440. The number of amides is 1. The number of ketones is 1. The van der Waals surface area contributed by atoms with Gasteiger partial charge in [0.1, 0.15) is 5.82 Å². The van der Waals surface area contributed by atoms with E-state index in [0.29, 0.717) is 21.7 Å². The number of carbonyl (C=O) groups excluding carboxylic acids is 2. The molecule has 1 aromatic heterocycles. The lowest BCUT2D eigenvalue weighted by atomic mass is 9.90. The van der Waals surface area contributed by atoms with Crippen LogP contribution in [0.15, 0.2) is 58.2 Å². The van der Waals surface area contributed by atoms with E-state index in [1.54, 1.807) is 24.3 Å². The summed E-state index contributed by atoms with van der Waals surface area (Å²) in [5.41, 5.74) is 0.279. The number of methoxy groups -OCH3 is 1. The number of fused-ring (bicyclic) bond motifs is 1. The number of carbonyl (C=O) groups is 2. The molecule has 34 heavy (non-hydrogen) atoms. The molecular weight excluding hydrogens is 461 g/mol. The van der Waals surface area contributed by atoms with E-state index in [1.807, 2.05) is 0 Å². The molecule has 0 saturated heterocycles. The molecule has 1 aliphatic carbocycles. The normalized spacial score (nSPS) is 19.3. The molecule has 6 nitrogen and oxygen atoms in total. The number of Topliss-reactive ketones (excluding diaryl/α,β-unsaturated/α-hetero) is 1. The van der Waals surface area contributed by atoms with Crippen molar-refractivity contribution in [3.63, 3.8) is 0 Å². The molecule has 0 spiro atoms. The summed E-state index contributed by atoms with van der Waals surface area (Å²) in [5.74, 6) is -2.34. The molecule has 1 fully saturated rings. The number of benzene rings is 2. The molecular formula is C26H23ClFNO5. The summed E-state index contributed by atoms with van der Waals surface area (Å²) >= 11 is 6.14. The zero-order valence-electron chi connectivity index (χ0n) is 18.5. The Morgan fingerprint density at radius 2 is 1.91 bits per heavy atom. The van der Waals surface area contributed by atoms with Crippen molar-refractivity contribution in [2.45, 2.75) is 44.2 Å². The lowest BCUT2D eigenvalue weighted by molar-refractivity contribution is -0.132. The van der Waals surface area contributed by atoms with Gasteiger partial charge in [0.25, 0.3) is 5.91 Å². The molecule has 1 atom stereocenters. The molecule has 1 N–H and O–H groups in total. The van der Waals surface area contributed by atoms with E-state index in [0.717, 1.165) is 32.1 Å². The van der Waals surface area contributed by atoms with Crippen LogP contribution in [0.25, 0.3) is 11.0 Å². The number of halogens is 2. The Morgan fingerprint density at radius 1 is 1.18 bits per heavy atom. The summed E-state index contributed by atoms with van der Waals surface area (Å²) in [4.78, 5) is 28.4. The fourth-order valence-corrected chi connectivity index (χ4v) is 5.29. The maximum atomic E-state index is 15.0. The van der Waals surface area contributed by atoms with Gasteiger partial charge in [0.2, 0.25) is 5.78 Å². The number of furan rings is 1. The topological polar surface area (TPSA) is 80.0 Å². The average molecular weight is 484 g/mol. The molecule has 1 unspecified atom stereocenters.